The predicted octanol–water partition coefficient (Wildman–Crippen LogP) is 0.854. The number of rotatable bonds is 7. The van der Waals surface area contributed by atoms with Gasteiger partial charge in [-0.2, -0.15) is 5.26 Å². The van der Waals surface area contributed by atoms with E-state index in [9.17, 15) is 5.11 Å². The molecule has 5 heteroatoms. The highest BCUT2D eigenvalue weighted by Crippen LogP contribution is 2.19. The lowest BCUT2D eigenvalue weighted by molar-refractivity contribution is 0.0773. The first-order valence-corrected chi connectivity index (χ1v) is 5.84. The van der Waals surface area contributed by atoms with Crippen LogP contribution in [0.3, 0.4) is 0 Å². The number of nitrogens with zero attached hydrogens (tertiary/aromatic N) is 2. The third-order valence-electron chi connectivity index (χ3n) is 2.48. The van der Waals surface area contributed by atoms with Gasteiger partial charge >= 0.3 is 0 Å². The van der Waals surface area contributed by atoms with Crippen LogP contribution in [0, 0.1) is 11.3 Å². The van der Waals surface area contributed by atoms with Crippen LogP contribution in [0.4, 0.5) is 5.69 Å². The molecule has 0 radical (unpaired) electrons. The lowest BCUT2D eigenvalue weighted by atomic mass is 10.3. The van der Waals surface area contributed by atoms with Crippen LogP contribution in [0.25, 0.3) is 0 Å². The van der Waals surface area contributed by atoms with Gasteiger partial charge in [0.2, 0.25) is 0 Å². The summed E-state index contributed by atoms with van der Waals surface area (Å²) in [6.45, 7) is 1.29. The quantitative estimate of drug-likeness (QED) is 0.700. The second-order valence-corrected chi connectivity index (χ2v) is 4.17. The van der Waals surface area contributed by atoms with Crippen LogP contribution < -0.4 is 10.5 Å². The zero-order valence-corrected chi connectivity index (χ0v) is 10.5. The normalized spacial score (nSPS) is 12.1. The fourth-order valence-corrected chi connectivity index (χ4v) is 1.54. The third-order valence-corrected chi connectivity index (χ3v) is 2.48. The minimum Gasteiger partial charge on any atom is -0.489 e. The van der Waals surface area contributed by atoms with Gasteiger partial charge in [-0.15, -0.1) is 0 Å². The van der Waals surface area contributed by atoms with Crippen molar-refractivity contribution in [3.63, 3.8) is 0 Å². The standard InChI is InChI=1S/C13H19N3O2/c1-16(8-4-7-14)9-11(17)10-18-13-6-3-2-5-12(13)15/h2-3,5-6,11,17H,4,8-10,15H2,1H3. The Balaban J connectivity index is 2.31. The largest absolute Gasteiger partial charge is 0.489 e. The Bertz CT molecular complexity index is 403. The maximum atomic E-state index is 9.78. The predicted molar refractivity (Wildman–Crippen MR) is 70.1 cm³/mol. The van der Waals surface area contributed by atoms with Crippen LogP contribution in [-0.4, -0.2) is 42.9 Å². The summed E-state index contributed by atoms with van der Waals surface area (Å²) in [6, 6.07) is 9.24. The van der Waals surface area contributed by atoms with Crippen LogP contribution >= 0.6 is 0 Å². The number of nitrogen functional groups attached to an aromatic ring is 1. The van der Waals surface area contributed by atoms with Gasteiger partial charge in [0, 0.05) is 19.5 Å². The highest BCUT2D eigenvalue weighted by atomic mass is 16.5. The number of aliphatic hydroxyl groups excluding tert-OH is 1. The fourth-order valence-electron chi connectivity index (χ4n) is 1.54. The summed E-state index contributed by atoms with van der Waals surface area (Å²) in [7, 11) is 1.86. The molecule has 0 spiro atoms. The van der Waals surface area contributed by atoms with E-state index in [0.717, 1.165) is 0 Å². The van der Waals surface area contributed by atoms with Crippen molar-refractivity contribution in [3.05, 3.63) is 24.3 Å². The topological polar surface area (TPSA) is 82.5 Å². The van der Waals surface area contributed by atoms with Crippen molar-refractivity contribution in [2.45, 2.75) is 12.5 Å². The molecule has 0 bridgehead atoms. The number of aliphatic hydroxyl groups is 1. The van der Waals surface area contributed by atoms with E-state index in [2.05, 4.69) is 6.07 Å². The van der Waals surface area contributed by atoms with E-state index in [0.29, 0.717) is 30.9 Å². The van der Waals surface area contributed by atoms with Crippen LogP contribution in [0.1, 0.15) is 6.42 Å². The second kappa shape index (κ2) is 7.54. The molecular formula is C13H19N3O2. The van der Waals surface area contributed by atoms with Gasteiger partial charge in [0.05, 0.1) is 11.8 Å². The first-order chi connectivity index (χ1) is 8.63. The average Bonchev–Trinajstić information content (AvgIpc) is 2.35. The first kappa shape index (κ1) is 14.3. The second-order valence-electron chi connectivity index (χ2n) is 4.17. The maximum absolute atomic E-state index is 9.78. The average molecular weight is 249 g/mol. The van der Waals surface area contributed by atoms with Gasteiger partial charge in [-0.1, -0.05) is 12.1 Å². The molecule has 98 valence electrons. The first-order valence-electron chi connectivity index (χ1n) is 5.84. The van der Waals surface area contributed by atoms with E-state index in [1.807, 2.05) is 24.1 Å². The van der Waals surface area contributed by atoms with Crippen molar-refractivity contribution in [2.24, 2.45) is 0 Å². The van der Waals surface area contributed by atoms with Gasteiger partial charge in [0.25, 0.3) is 0 Å². The molecule has 1 rings (SSSR count). The SMILES string of the molecule is CN(CCC#N)CC(O)COc1ccccc1N. The fraction of sp³-hybridized carbons (Fsp3) is 0.462. The molecule has 1 aromatic rings. The molecule has 0 aliphatic carbocycles. The van der Waals surface area contributed by atoms with Crippen molar-refractivity contribution in [2.75, 3.05) is 32.5 Å². The highest BCUT2D eigenvalue weighted by molar-refractivity contribution is 5.51. The van der Waals surface area contributed by atoms with Crippen molar-refractivity contribution >= 4 is 5.69 Å². The molecule has 1 atom stereocenters. The summed E-state index contributed by atoms with van der Waals surface area (Å²) >= 11 is 0. The molecular weight excluding hydrogens is 230 g/mol. The molecule has 0 aliphatic rings. The molecule has 1 aromatic carbocycles. The number of hydrogen-bond acceptors (Lipinski definition) is 5. The van der Waals surface area contributed by atoms with Crippen molar-refractivity contribution in [1.82, 2.24) is 4.90 Å². The zero-order valence-electron chi connectivity index (χ0n) is 10.5. The van der Waals surface area contributed by atoms with Gasteiger partial charge in [0.1, 0.15) is 18.5 Å². The number of ether oxygens (including phenoxy) is 1. The van der Waals surface area contributed by atoms with E-state index in [-0.39, 0.29) is 6.61 Å². The summed E-state index contributed by atoms with van der Waals surface area (Å²) in [4.78, 5) is 1.89. The number of nitrogens with two attached hydrogens (primary N) is 1. The molecule has 0 aliphatic heterocycles. The molecule has 3 N–H and O–H groups in total. The Morgan fingerprint density at radius 1 is 1.50 bits per heavy atom. The van der Waals surface area contributed by atoms with E-state index < -0.39 is 6.10 Å². The lowest BCUT2D eigenvalue weighted by Crippen LogP contribution is -2.33. The van der Waals surface area contributed by atoms with Crippen LogP contribution in [0.15, 0.2) is 24.3 Å². The number of likely N-dealkylation sites (N-methyl/N-ethyl adjacent to an activating group) is 1. The summed E-state index contributed by atoms with van der Waals surface area (Å²) in [5, 5.41) is 18.2. The smallest absolute Gasteiger partial charge is 0.142 e. The molecule has 0 fully saturated rings. The minimum atomic E-state index is -0.603. The Morgan fingerprint density at radius 2 is 2.22 bits per heavy atom. The lowest BCUT2D eigenvalue weighted by Gasteiger charge is -2.19. The molecule has 0 amide bonds. The number of nitriles is 1. The Morgan fingerprint density at radius 3 is 2.89 bits per heavy atom. The van der Waals surface area contributed by atoms with Crippen molar-refractivity contribution < 1.29 is 9.84 Å². The molecule has 1 unspecified atom stereocenters. The molecule has 0 saturated heterocycles. The maximum Gasteiger partial charge on any atom is 0.142 e. The van der Waals surface area contributed by atoms with Gasteiger partial charge in [-0.3, -0.25) is 0 Å². The molecule has 0 aromatic heterocycles. The van der Waals surface area contributed by atoms with Crippen molar-refractivity contribution in [1.29, 1.82) is 5.26 Å². The Labute approximate surface area is 107 Å². The summed E-state index contributed by atoms with van der Waals surface area (Å²) in [5.74, 6) is 0.580. The Hall–Kier alpha value is -1.77. The number of anilines is 1. The van der Waals surface area contributed by atoms with Gasteiger partial charge in [0.15, 0.2) is 0 Å². The van der Waals surface area contributed by atoms with Gasteiger partial charge in [-0.05, 0) is 19.2 Å². The molecule has 5 nitrogen and oxygen atoms in total. The summed E-state index contributed by atoms with van der Waals surface area (Å²) in [5.41, 5.74) is 6.28. The van der Waals surface area contributed by atoms with E-state index in [1.54, 1.807) is 12.1 Å². The van der Waals surface area contributed by atoms with Crippen molar-refractivity contribution in [3.8, 4) is 11.8 Å². The monoisotopic (exact) mass is 249 g/mol. The minimum absolute atomic E-state index is 0.186. The summed E-state index contributed by atoms with van der Waals surface area (Å²) in [6.07, 6.45) is -0.149. The molecule has 0 heterocycles. The number of hydrogen-bond donors (Lipinski definition) is 2. The van der Waals surface area contributed by atoms with E-state index >= 15 is 0 Å². The third kappa shape index (κ3) is 5.04. The van der Waals surface area contributed by atoms with E-state index in [1.165, 1.54) is 0 Å². The van der Waals surface area contributed by atoms with Crippen LogP contribution in [0.2, 0.25) is 0 Å². The molecule has 18 heavy (non-hydrogen) atoms. The number of para-hydroxylation sites is 2. The summed E-state index contributed by atoms with van der Waals surface area (Å²) < 4.78 is 5.44. The van der Waals surface area contributed by atoms with E-state index in [4.69, 9.17) is 15.7 Å². The molecule has 0 saturated carbocycles. The zero-order chi connectivity index (χ0) is 13.4. The highest BCUT2D eigenvalue weighted by Gasteiger charge is 2.09. The van der Waals surface area contributed by atoms with Crippen LogP contribution in [0.5, 0.6) is 5.75 Å². The number of benzene rings is 1. The van der Waals surface area contributed by atoms with Gasteiger partial charge < -0.3 is 20.5 Å². The Kier molecular flexibility index (Phi) is 5.98. The van der Waals surface area contributed by atoms with Crippen LogP contribution in [-0.2, 0) is 0 Å². The van der Waals surface area contributed by atoms with Gasteiger partial charge in [-0.25, -0.2) is 0 Å².